The number of hydrogen-bond acceptors (Lipinski definition) is 4. The van der Waals surface area contributed by atoms with E-state index in [-0.39, 0.29) is 13.2 Å². The monoisotopic (exact) mass is 264 g/mol. The van der Waals surface area contributed by atoms with Crippen LogP contribution in [0.15, 0.2) is 36.4 Å². The van der Waals surface area contributed by atoms with E-state index < -0.39 is 5.97 Å². The molecule has 0 amide bonds. The fraction of sp³-hybridized carbons (Fsp3) is 0.400. The molecule has 4 nitrogen and oxygen atoms in total. The summed E-state index contributed by atoms with van der Waals surface area (Å²) in [4.78, 5) is 11.3. The standard InChI is InChI=1S/C15H20O4/c1-4-9-17-13-5-7-14(8-6-13)18-11-15(16)19-10-12(2)3/h5-8H,2,4,9-11H2,1,3H3. The number of esters is 1. The molecular weight excluding hydrogens is 244 g/mol. The van der Waals surface area contributed by atoms with Crippen molar-refractivity contribution in [2.24, 2.45) is 0 Å². The lowest BCUT2D eigenvalue weighted by Crippen LogP contribution is -2.15. The van der Waals surface area contributed by atoms with E-state index in [1.807, 2.05) is 19.1 Å². The van der Waals surface area contributed by atoms with E-state index in [1.54, 1.807) is 19.1 Å². The van der Waals surface area contributed by atoms with Gasteiger partial charge in [0.1, 0.15) is 18.1 Å². The van der Waals surface area contributed by atoms with Gasteiger partial charge in [-0.3, -0.25) is 0 Å². The first kappa shape index (κ1) is 15.1. The van der Waals surface area contributed by atoms with E-state index in [9.17, 15) is 4.79 Å². The fourth-order valence-electron chi connectivity index (χ4n) is 1.24. The van der Waals surface area contributed by atoms with Crippen LogP contribution in [0.5, 0.6) is 11.5 Å². The molecule has 104 valence electrons. The van der Waals surface area contributed by atoms with Crippen LogP contribution in [-0.2, 0) is 9.53 Å². The van der Waals surface area contributed by atoms with Crippen LogP contribution in [-0.4, -0.2) is 25.8 Å². The Balaban J connectivity index is 2.33. The second-order valence-corrected chi connectivity index (χ2v) is 4.23. The average molecular weight is 264 g/mol. The number of carbonyl (C=O) groups excluding carboxylic acids is 1. The molecule has 0 aliphatic heterocycles. The molecular formula is C15H20O4. The Morgan fingerprint density at radius 1 is 1.11 bits per heavy atom. The minimum absolute atomic E-state index is 0.109. The van der Waals surface area contributed by atoms with Crippen molar-refractivity contribution in [3.05, 3.63) is 36.4 Å². The molecule has 1 aromatic rings. The summed E-state index contributed by atoms with van der Waals surface area (Å²) in [7, 11) is 0. The Bertz CT molecular complexity index is 409. The number of benzene rings is 1. The highest BCUT2D eigenvalue weighted by molar-refractivity contribution is 5.71. The zero-order valence-corrected chi connectivity index (χ0v) is 11.5. The van der Waals surface area contributed by atoms with Crippen molar-refractivity contribution in [1.82, 2.24) is 0 Å². The molecule has 1 aromatic carbocycles. The van der Waals surface area contributed by atoms with Gasteiger partial charge in [-0.25, -0.2) is 4.79 Å². The summed E-state index contributed by atoms with van der Waals surface area (Å²) >= 11 is 0. The molecule has 0 fully saturated rings. The summed E-state index contributed by atoms with van der Waals surface area (Å²) in [5.41, 5.74) is 0.797. The van der Waals surface area contributed by atoms with Gasteiger partial charge in [-0.05, 0) is 43.2 Å². The molecule has 1 rings (SSSR count). The summed E-state index contributed by atoms with van der Waals surface area (Å²) in [5.74, 6) is 0.990. The van der Waals surface area contributed by atoms with Gasteiger partial charge >= 0.3 is 5.97 Å². The molecule has 0 aromatic heterocycles. The fourth-order valence-corrected chi connectivity index (χ4v) is 1.24. The van der Waals surface area contributed by atoms with E-state index in [4.69, 9.17) is 14.2 Å². The van der Waals surface area contributed by atoms with Crippen LogP contribution in [0.3, 0.4) is 0 Å². The molecule has 0 spiro atoms. The Morgan fingerprint density at radius 2 is 1.68 bits per heavy atom. The van der Waals surface area contributed by atoms with E-state index in [0.717, 1.165) is 17.7 Å². The third-order valence-electron chi connectivity index (χ3n) is 2.13. The van der Waals surface area contributed by atoms with Crippen molar-refractivity contribution < 1.29 is 19.0 Å². The molecule has 0 aliphatic rings. The van der Waals surface area contributed by atoms with Gasteiger partial charge in [-0.2, -0.15) is 0 Å². The quantitative estimate of drug-likeness (QED) is 0.535. The molecule has 0 unspecified atom stereocenters. The van der Waals surface area contributed by atoms with E-state index in [2.05, 4.69) is 6.58 Å². The highest BCUT2D eigenvalue weighted by Crippen LogP contribution is 2.17. The molecule has 19 heavy (non-hydrogen) atoms. The average Bonchev–Trinajstić information content (AvgIpc) is 2.41. The molecule has 0 saturated heterocycles. The van der Waals surface area contributed by atoms with Crippen LogP contribution in [0.2, 0.25) is 0 Å². The van der Waals surface area contributed by atoms with E-state index >= 15 is 0 Å². The predicted octanol–water partition coefficient (Wildman–Crippen LogP) is 2.97. The molecule has 0 radical (unpaired) electrons. The topological polar surface area (TPSA) is 44.8 Å². The summed E-state index contributed by atoms with van der Waals surface area (Å²) < 4.78 is 15.7. The maximum atomic E-state index is 11.3. The first-order valence-electron chi connectivity index (χ1n) is 6.27. The Kier molecular flexibility index (Phi) is 6.50. The number of carbonyl (C=O) groups is 1. The number of rotatable bonds is 8. The third-order valence-corrected chi connectivity index (χ3v) is 2.13. The van der Waals surface area contributed by atoms with E-state index in [0.29, 0.717) is 12.4 Å². The lowest BCUT2D eigenvalue weighted by Gasteiger charge is -2.08. The highest BCUT2D eigenvalue weighted by atomic mass is 16.6. The molecule has 0 bridgehead atoms. The van der Waals surface area contributed by atoms with Gasteiger partial charge in [0.05, 0.1) is 6.61 Å². The molecule has 0 atom stereocenters. The van der Waals surface area contributed by atoms with Crippen LogP contribution >= 0.6 is 0 Å². The Labute approximate surface area is 114 Å². The normalized spacial score (nSPS) is 9.79. The van der Waals surface area contributed by atoms with Crippen LogP contribution in [0, 0.1) is 0 Å². The lowest BCUT2D eigenvalue weighted by molar-refractivity contribution is -0.145. The molecule has 0 aliphatic carbocycles. The molecule has 0 N–H and O–H groups in total. The maximum absolute atomic E-state index is 11.3. The van der Waals surface area contributed by atoms with Crippen molar-refractivity contribution in [3.8, 4) is 11.5 Å². The van der Waals surface area contributed by atoms with Crippen molar-refractivity contribution in [1.29, 1.82) is 0 Å². The van der Waals surface area contributed by atoms with Crippen LogP contribution in [0.25, 0.3) is 0 Å². The van der Waals surface area contributed by atoms with Gasteiger partial charge in [0.2, 0.25) is 0 Å². The second kappa shape index (κ2) is 8.19. The number of hydrogen-bond donors (Lipinski definition) is 0. The Morgan fingerprint density at radius 3 is 2.21 bits per heavy atom. The predicted molar refractivity (Wildman–Crippen MR) is 73.5 cm³/mol. The molecule has 4 heteroatoms. The zero-order valence-electron chi connectivity index (χ0n) is 11.5. The van der Waals surface area contributed by atoms with Crippen LogP contribution < -0.4 is 9.47 Å². The molecule has 0 heterocycles. The van der Waals surface area contributed by atoms with Crippen molar-refractivity contribution in [3.63, 3.8) is 0 Å². The van der Waals surface area contributed by atoms with Gasteiger partial charge in [-0.15, -0.1) is 0 Å². The van der Waals surface area contributed by atoms with Gasteiger partial charge in [0.25, 0.3) is 0 Å². The lowest BCUT2D eigenvalue weighted by atomic mass is 10.3. The minimum atomic E-state index is -0.408. The number of ether oxygens (including phenoxy) is 3. The summed E-state index contributed by atoms with van der Waals surface area (Å²) in [6.45, 7) is 8.30. The molecule has 0 saturated carbocycles. The highest BCUT2D eigenvalue weighted by Gasteiger charge is 2.04. The smallest absolute Gasteiger partial charge is 0.344 e. The summed E-state index contributed by atoms with van der Waals surface area (Å²) in [6, 6.07) is 7.14. The van der Waals surface area contributed by atoms with Crippen LogP contribution in [0.1, 0.15) is 20.3 Å². The van der Waals surface area contributed by atoms with Crippen LogP contribution in [0.4, 0.5) is 0 Å². The summed E-state index contributed by atoms with van der Waals surface area (Å²) in [6.07, 6.45) is 0.965. The van der Waals surface area contributed by atoms with Crippen molar-refractivity contribution in [2.75, 3.05) is 19.8 Å². The third kappa shape index (κ3) is 6.50. The van der Waals surface area contributed by atoms with Gasteiger partial charge in [0.15, 0.2) is 6.61 Å². The van der Waals surface area contributed by atoms with Crippen molar-refractivity contribution >= 4 is 5.97 Å². The maximum Gasteiger partial charge on any atom is 0.344 e. The second-order valence-electron chi connectivity index (χ2n) is 4.23. The van der Waals surface area contributed by atoms with Gasteiger partial charge in [0, 0.05) is 0 Å². The first-order chi connectivity index (χ1) is 9.11. The van der Waals surface area contributed by atoms with Crippen molar-refractivity contribution in [2.45, 2.75) is 20.3 Å². The Hall–Kier alpha value is -1.97. The van der Waals surface area contributed by atoms with Gasteiger partial charge in [-0.1, -0.05) is 13.5 Å². The summed E-state index contributed by atoms with van der Waals surface area (Å²) in [5, 5.41) is 0. The SMILES string of the molecule is C=C(C)COC(=O)COc1ccc(OCCC)cc1. The zero-order chi connectivity index (χ0) is 14.1. The largest absolute Gasteiger partial charge is 0.494 e. The van der Waals surface area contributed by atoms with E-state index in [1.165, 1.54) is 0 Å². The minimum Gasteiger partial charge on any atom is -0.494 e. The first-order valence-corrected chi connectivity index (χ1v) is 6.27. The van der Waals surface area contributed by atoms with Gasteiger partial charge < -0.3 is 14.2 Å².